The van der Waals surface area contributed by atoms with Crippen LogP contribution >= 0.6 is 0 Å². The lowest BCUT2D eigenvalue weighted by Gasteiger charge is -2.24. The fourth-order valence-corrected chi connectivity index (χ4v) is 3.31. The van der Waals surface area contributed by atoms with Crippen molar-refractivity contribution in [2.75, 3.05) is 0 Å². The molecule has 114 valence electrons. The van der Waals surface area contributed by atoms with Crippen molar-refractivity contribution in [3.8, 4) is 11.1 Å². The fourth-order valence-electron chi connectivity index (χ4n) is 3.31. The predicted octanol–water partition coefficient (Wildman–Crippen LogP) is 6.38. The van der Waals surface area contributed by atoms with Gasteiger partial charge in [-0.3, -0.25) is 0 Å². The first-order valence-corrected chi connectivity index (χ1v) is 8.23. The van der Waals surface area contributed by atoms with E-state index in [4.69, 9.17) is 0 Å². The zero-order valence-corrected chi connectivity index (χ0v) is 13.1. The van der Waals surface area contributed by atoms with Crippen molar-refractivity contribution in [3.63, 3.8) is 0 Å². The fraction of sp³-hybridized carbons (Fsp3) is 0.333. The van der Waals surface area contributed by atoms with Crippen LogP contribution in [0.1, 0.15) is 49.7 Å². The minimum Gasteiger partial charge on any atom is -0.247 e. The normalized spacial score (nSPS) is 22.1. The van der Waals surface area contributed by atoms with Gasteiger partial charge in [0.2, 0.25) is 0 Å². The van der Waals surface area contributed by atoms with Gasteiger partial charge in [0.25, 0.3) is 0 Å². The first kappa shape index (κ1) is 15.0. The predicted molar refractivity (Wildman–Crippen MR) is 92.7 cm³/mol. The molecule has 1 aliphatic carbocycles. The van der Waals surface area contributed by atoms with Crippen LogP contribution in [0.3, 0.4) is 0 Å². The molecule has 1 fully saturated rings. The van der Waals surface area contributed by atoms with E-state index < -0.39 is 6.17 Å². The van der Waals surface area contributed by atoms with E-state index in [-0.39, 0.29) is 0 Å². The van der Waals surface area contributed by atoms with E-state index in [0.29, 0.717) is 5.92 Å². The third-order valence-corrected chi connectivity index (χ3v) is 4.64. The van der Waals surface area contributed by atoms with Crippen LogP contribution < -0.4 is 0 Å². The van der Waals surface area contributed by atoms with Gasteiger partial charge in [-0.05, 0) is 60.8 Å². The van der Waals surface area contributed by atoms with Crippen molar-refractivity contribution in [1.29, 1.82) is 0 Å². The number of hydrogen-bond acceptors (Lipinski definition) is 0. The number of halogens is 1. The Kier molecular flexibility index (Phi) is 4.72. The molecule has 0 spiro atoms. The van der Waals surface area contributed by atoms with Gasteiger partial charge in [0.15, 0.2) is 0 Å². The van der Waals surface area contributed by atoms with Gasteiger partial charge in [0, 0.05) is 0 Å². The van der Waals surface area contributed by atoms with Crippen LogP contribution in [0, 0.1) is 0 Å². The minimum atomic E-state index is -0.578. The molecule has 1 saturated carbocycles. The van der Waals surface area contributed by atoms with Crippen LogP contribution in [-0.4, -0.2) is 6.17 Å². The number of rotatable bonds is 3. The maximum atomic E-state index is 13.2. The Labute approximate surface area is 132 Å². The molecule has 2 aromatic rings. The summed E-state index contributed by atoms with van der Waals surface area (Å²) in [4.78, 5) is 0. The van der Waals surface area contributed by atoms with Gasteiger partial charge in [-0.25, -0.2) is 4.39 Å². The van der Waals surface area contributed by atoms with Gasteiger partial charge < -0.3 is 0 Å². The van der Waals surface area contributed by atoms with Crippen LogP contribution in [0.25, 0.3) is 17.2 Å². The van der Waals surface area contributed by atoms with Crippen LogP contribution in [0.2, 0.25) is 0 Å². The molecule has 0 N–H and O–H groups in total. The Balaban J connectivity index is 1.73. The molecule has 2 aromatic carbocycles. The molecule has 3 rings (SSSR count). The van der Waals surface area contributed by atoms with E-state index in [0.717, 1.165) is 25.7 Å². The summed E-state index contributed by atoms with van der Waals surface area (Å²) in [7, 11) is 0. The second-order valence-electron chi connectivity index (χ2n) is 6.19. The summed E-state index contributed by atoms with van der Waals surface area (Å²) in [5.41, 5.74) is 5.08. The van der Waals surface area contributed by atoms with Crippen LogP contribution in [-0.2, 0) is 0 Å². The highest BCUT2D eigenvalue weighted by atomic mass is 19.1. The molecule has 0 aliphatic heterocycles. The van der Waals surface area contributed by atoms with Crippen molar-refractivity contribution in [3.05, 3.63) is 65.7 Å². The van der Waals surface area contributed by atoms with Crippen LogP contribution in [0.5, 0.6) is 0 Å². The van der Waals surface area contributed by atoms with Crippen molar-refractivity contribution >= 4 is 6.08 Å². The van der Waals surface area contributed by atoms with Crippen LogP contribution in [0.15, 0.2) is 54.6 Å². The van der Waals surface area contributed by atoms with Gasteiger partial charge in [-0.2, -0.15) is 0 Å². The molecule has 1 aliphatic rings. The second kappa shape index (κ2) is 6.91. The van der Waals surface area contributed by atoms with Gasteiger partial charge in [-0.15, -0.1) is 0 Å². The van der Waals surface area contributed by atoms with Crippen molar-refractivity contribution in [2.24, 2.45) is 0 Å². The Morgan fingerprint density at radius 2 is 1.36 bits per heavy atom. The molecule has 0 nitrogen and oxygen atoms in total. The number of benzene rings is 2. The molecule has 0 unspecified atom stereocenters. The molecule has 0 atom stereocenters. The molecule has 0 saturated heterocycles. The first-order chi connectivity index (χ1) is 10.8. The summed E-state index contributed by atoms with van der Waals surface area (Å²) in [5.74, 6) is 0.540. The molecule has 0 heterocycles. The Morgan fingerprint density at radius 3 is 1.91 bits per heavy atom. The summed E-state index contributed by atoms with van der Waals surface area (Å²) >= 11 is 0. The van der Waals surface area contributed by atoms with Gasteiger partial charge in [0.1, 0.15) is 6.17 Å². The molecule has 22 heavy (non-hydrogen) atoms. The van der Waals surface area contributed by atoms with E-state index in [1.54, 1.807) is 0 Å². The quantitative estimate of drug-likeness (QED) is 0.616. The second-order valence-corrected chi connectivity index (χ2v) is 6.19. The number of allylic oxidation sites excluding steroid dienone is 1. The van der Waals surface area contributed by atoms with E-state index in [9.17, 15) is 4.39 Å². The summed E-state index contributed by atoms with van der Waals surface area (Å²) < 4.78 is 13.2. The first-order valence-electron chi connectivity index (χ1n) is 8.23. The molecular formula is C21H23F. The molecule has 0 aromatic heterocycles. The highest BCUT2D eigenvalue weighted by molar-refractivity contribution is 5.66. The zero-order chi connectivity index (χ0) is 15.4. The number of alkyl halides is 1. The average molecular weight is 294 g/mol. The van der Waals surface area contributed by atoms with E-state index in [1.807, 2.05) is 6.92 Å². The standard InChI is InChI=1S/C21H23F/c1-2-3-16-4-6-17(7-5-16)18-8-10-19(11-9-18)20-12-14-21(22)15-13-20/h2-11,20-21H,12-15H2,1H3/b3-2-. The zero-order valence-electron chi connectivity index (χ0n) is 13.1. The SMILES string of the molecule is C/C=C\c1ccc(-c2ccc(C3CCC(F)CC3)cc2)cc1. The monoisotopic (exact) mass is 294 g/mol. The smallest absolute Gasteiger partial charge is 0.100 e. The lowest BCUT2D eigenvalue weighted by atomic mass is 9.83. The lowest BCUT2D eigenvalue weighted by Crippen LogP contribution is -2.13. The Hall–Kier alpha value is -1.89. The van der Waals surface area contributed by atoms with Crippen molar-refractivity contribution in [2.45, 2.75) is 44.7 Å². The van der Waals surface area contributed by atoms with Crippen molar-refractivity contribution < 1.29 is 4.39 Å². The third-order valence-electron chi connectivity index (χ3n) is 4.64. The topological polar surface area (TPSA) is 0 Å². The average Bonchev–Trinajstić information content (AvgIpc) is 2.57. The van der Waals surface area contributed by atoms with Gasteiger partial charge >= 0.3 is 0 Å². The van der Waals surface area contributed by atoms with E-state index in [1.165, 1.54) is 22.3 Å². The highest BCUT2D eigenvalue weighted by Gasteiger charge is 2.21. The van der Waals surface area contributed by atoms with E-state index in [2.05, 4.69) is 60.7 Å². The Bertz CT molecular complexity index is 614. The minimum absolute atomic E-state index is 0.540. The van der Waals surface area contributed by atoms with Gasteiger partial charge in [-0.1, -0.05) is 60.7 Å². The number of hydrogen-bond donors (Lipinski definition) is 0. The summed E-state index contributed by atoms with van der Waals surface area (Å²) in [5, 5.41) is 0. The van der Waals surface area contributed by atoms with E-state index >= 15 is 0 Å². The summed E-state index contributed by atoms with van der Waals surface area (Å²) in [6.45, 7) is 2.03. The largest absolute Gasteiger partial charge is 0.247 e. The molecule has 0 radical (unpaired) electrons. The molecule has 0 bridgehead atoms. The van der Waals surface area contributed by atoms with Crippen LogP contribution in [0.4, 0.5) is 4.39 Å². The summed E-state index contributed by atoms with van der Waals surface area (Å²) in [6.07, 6.45) is 6.99. The van der Waals surface area contributed by atoms with Crippen molar-refractivity contribution in [1.82, 2.24) is 0 Å². The maximum absolute atomic E-state index is 13.2. The molecule has 0 amide bonds. The maximum Gasteiger partial charge on any atom is 0.100 e. The molecule has 1 heteroatoms. The summed E-state index contributed by atoms with van der Waals surface area (Å²) in [6, 6.07) is 17.5. The Morgan fingerprint density at radius 1 is 0.818 bits per heavy atom. The lowest BCUT2D eigenvalue weighted by molar-refractivity contribution is 0.235. The van der Waals surface area contributed by atoms with Gasteiger partial charge in [0.05, 0.1) is 0 Å². The highest BCUT2D eigenvalue weighted by Crippen LogP contribution is 2.34. The molecular weight excluding hydrogens is 271 g/mol. The third kappa shape index (κ3) is 3.47.